The number of fused-ring (bicyclic) bond motifs is 1. The maximum absolute atomic E-state index is 12.8. The van der Waals surface area contributed by atoms with Gasteiger partial charge in [0.15, 0.2) is 5.16 Å². The fraction of sp³-hybridized carbons (Fsp3) is 0.111. The number of aromatic nitrogens is 2. The zero-order chi connectivity index (χ0) is 9.42. The van der Waals surface area contributed by atoms with E-state index in [-0.39, 0.29) is 16.3 Å². The van der Waals surface area contributed by atoms with Gasteiger partial charge in [0.1, 0.15) is 5.82 Å². The van der Waals surface area contributed by atoms with Gasteiger partial charge in [0.05, 0.1) is 11.0 Å². The van der Waals surface area contributed by atoms with Crippen molar-refractivity contribution in [1.29, 1.82) is 0 Å². The molecule has 1 N–H and O–H groups in total. The fourth-order valence-corrected chi connectivity index (χ4v) is 1.66. The van der Waals surface area contributed by atoms with Crippen molar-refractivity contribution >= 4 is 27.4 Å². The van der Waals surface area contributed by atoms with Crippen LogP contribution in [0.2, 0.25) is 0 Å². The predicted octanol–water partition coefficient (Wildman–Crippen LogP) is 2.39. The molecule has 1 unspecified atom stereocenters. The molecule has 0 spiro atoms. The zero-order valence-corrected chi connectivity index (χ0v) is 7.99. The van der Waals surface area contributed by atoms with Crippen molar-refractivity contribution in [2.24, 2.45) is 0 Å². The molecule has 1 atom stereocenters. The standard InChI is InChI=1S/C9H9FN2S/c1-13(2)9-11-7-4-3-6(10)5-8(7)12-9/h3-5H,1H2,2H3,(H,11,12). The SMILES string of the molecule is C=S(C)c1nc2ccc(F)cc2[nH]1. The summed E-state index contributed by atoms with van der Waals surface area (Å²) in [5, 5.41) is 0.820. The quantitative estimate of drug-likeness (QED) is 0.697. The van der Waals surface area contributed by atoms with Crippen LogP contribution in [0.25, 0.3) is 11.0 Å². The van der Waals surface area contributed by atoms with Gasteiger partial charge in [-0.05, 0) is 24.5 Å². The number of benzene rings is 1. The van der Waals surface area contributed by atoms with Gasteiger partial charge in [0.2, 0.25) is 0 Å². The van der Waals surface area contributed by atoms with E-state index in [4.69, 9.17) is 0 Å². The van der Waals surface area contributed by atoms with Crippen molar-refractivity contribution < 1.29 is 4.39 Å². The number of H-pyrrole nitrogens is 1. The number of halogens is 1. The molecule has 0 amide bonds. The number of aromatic amines is 1. The first kappa shape index (κ1) is 8.44. The first-order chi connectivity index (χ1) is 6.16. The van der Waals surface area contributed by atoms with Crippen LogP contribution < -0.4 is 0 Å². The molecule has 68 valence electrons. The number of imidazole rings is 1. The van der Waals surface area contributed by atoms with Crippen LogP contribution in [0.1, 0.15) is 0 Å². The third-order valence-electron chi connectivity index (χ3n) is 1.75. The molecule has 0 aliphatic carbocycles. The lowest BCUT2D eigenvalue weighted by Gasteiger charge is -1.89. The highest BCUT2D eigenvalue weighted by Crippen LogP contribution is 2.21. The minimum Gasteiger partial charge on any atom is -0.333 e. The molecule has 0 fully saturated rings. The van der Waals surface area contributed by atoms with E-state index in [9.17, 15) is 4.39 Å². The molecule has 1 aromatic heterocycles. The van der Waals surface area contributed by atoms with E-state index in [0.717, 1.165) is 16.2 Å². The van der Waals surface area contributed by atoms with Crippen molar-refractivity contribution in [3.8, 4) is 0 Å². The number of hydrogen-bond acceptors (Lipinski definition) is 1. The lowest BCUT2D eigenvalue weighted by atomic mass is 10.3. The Bertz CT molecular complexity index is 475. The summed E-state index contributed by atoms with van der Waals surface area (Å²) >= 11 is 0. The molecule has 0 saturated heterocycles. The Morgan fingerprint density at radius 1 is 1.54 bits per heavy atom. The summed E-state index contributed by atoms with van der Waals surface area (Å²) in [4.78, 5) is 7.32. The normalized spacial score (nSPS) is 13.4. The van der Waals surface area contributed by atoms with Crippen LogP contribution in [0.15, 0.2) is 23.4 Å². The minimum absolute atomic E-state index is 0.157. The summed E-state index contributed by atoms with van der Waals surface area (Å²) in [5.41, 5.74) is 1.53. The topological polar surface area (TPSA) is 28.7 Å². The predicted molar refractivity (Wildman–Crippen MR) is 55.0 cm³/mol. The van der Waals surface area contributed by atoms with Crippen LogP contribution in [0, 0.1) is 5.82 Å². The van der Waals surface area contributed by atoms with Gasteiger partial charge in [-0.15, -0.1) is 10.5 Å². The Morgan fingerprint density at radius 3 is 3.00 bits per heavy atom. The summed E-state index contributed by atoms with van der Waals surface area (Å²) < 4.78 is 12.8. The summed E-state index contributed by atoms with van der Waals surface area (Å²) in [6.45, 7) is 0. The highest BCUT2D eigenvalue weighted by atomic mass is 32.2. The highest BCUT2D eigenvalue weighted by Gasteiger charge is 2.02. The molecule has 13 heavy (non-hydrogen) atoms. The Hall–Kier alpha value is -1.16. The average Bonchev–Trinajstić information content (AvgIpc) is 2.46. The summed E-state index contributed by atoms with van der Waals surface area (Å²) in [5.74, 6) is 3.62. The molecule has 0 saturated carbocycles. The van der Waals surface area contributed by atoms with Gasteiger partial charge >= 0.3 is 0 Å². The molecule has 1 aromatic carbocycles. The van der Waals surface area contributed by atoms with E-state index >= 15 is 0 Å². The van der Waals surface area contributed by atoms with Crippen LogP contribution in [-0.2, 0) is 0 Å². The molecule has 2 nitrogen and oxygen atoms in total. The Morgan fingerprint density at radius 2 is 2.31 bits per heavy atom. The number of hydrogen-bond donors (Lipinski definition) is 1. The van der Waals surface area contributed by atoms with Gasteiger partial charge in [-0.3, -0.25) is 0 Å². The third-order valence-corrected chi connectivity index (χ3v) is 2.61. The highest BCUT2D eigenvalue weighted by molar-refractivity contribution is 8.13. The number of nitrogens with one attached hydrogen (secondary N) is 1. The van der Waals surface area contributed by atoms with Crippen molar-refractivity contribution in [2.45, 2.75) is 5.16 Å². The lowest BCUT2D eigenvalue weighted by Crippen LogP contribution is -1.73. The van der Waals surface area contributed by atoms with Gasteiger partial charge in [-0.1, -0.05) is 5.87 Å². The Kier molecular flexibility index (Phi) is 1.92. The zero-order valence-electron chi connectivity index (χ0n) is 7.17. The van der Waals surface area contributed by atoms with E-state index in [0.29, 0.717) is 0 Å². The molecular weight excluding hydrogens is 187 g/mol. The maximum Gasteiger partial charge on any atom is 0.159 e. The molecule has 2 aromatic rings. The van der Waals surface area contributed by atoms with E-state index in [1.54, 1.807) is 6.07 Å². The minimum atomic E-state index is -0.247. The second kappa shape index (κ2) is 2.96. The van der Waals surface area contributed by atoms with E-state index in [2.05, 4.69) is 15.8 Å². The average molecular weight is 196 g/mol. The molecule has 0 bridgehead atoms. The van der Waals surface area contributed by atoms with Crippen molar-refractivity contribution in [3.05, 3.63) is 24.0 Å². The van der Waals surface area contributed by atoms with Crippen molar-refractivity contribution in [2.75, 3.05) is 6.26 Å². The van der Waals surface area contributed by atoms with Gasteiger partial charge < -0.3 is 4.98 Å². The first-order valence-corrected chi connectivity index (χ1v) is 5.58. The van der Waals surface area contributed by atoms with E-state index < -0.39 is 0 Å². The van der Waals surface area contributed by atoms with Crippen LogP contribution in [0.4, 0.5) is 4.39 Å². The molecule has 4 heteroatoms. The smallest absolute Gasteiger partial charge is 0.159 e. The fourth-order valence-electron chi connectivity index (χ4n) is 1.12. The number of nitrogens with zero attached hydrogens (tertiary/aromatic N) is 1. The Balaban J connectivity index is 2.68. The van der Waals surface area contributed by atoms with E-state index in [1.165, 1.54) is 12.1 Å². The first-order valence-electron chi connectivity index (χ1n) is 3.78. The third kappa shape index (κ3) is 1.49. The molecule has 2 rings (SSSR count). The molecule has 1 heterocycles. The maximum atomic E-state index is 12.8. The van der Waals surface area contributed by atoms with Crippen molar-refractivity contribution in [1.82, 2.24) is 9.97 Å². The van der Waals surface area contributed by atoms with Gasteiger partial charge in [0.25, 0.3) is 0 Å². The summed E-state index contributed by atoms with van der Waals surface area (Å²) in [7, 11) is -0.157. The van der Waals surface area contributed by atoms with Crippen molar-refractivity contribution in [3.63, 3.8) is 0 Å². The Labute approximate surface area is 77.7 Å². The number of rotatable bonds is 1. The molecular formula is C9H9FN2S. The second-order valence-electron chi connectivity index (χ2n) is 2.84. The summed E-state index contributed by atoms with van der Waals surface area (Å²) in [6.07, 6.45) is 1.97. The van der Waals surface area contributed by atoms with Gasteiger partial charge in [-0.2, -0.15) is 0 Å². The summed E-state index contributed by atoms with van der Waals surface area (Å²) in [6, 6.07) is 4.51. The lowest BCUT2D eigenvalue weighted by molar-refractivity contribution is 0.629. The molecule has 0 aliphatic rings. The largest absolute Gasteiger partial charge is 0.333 e. The van der Waals surface area contributed by atoms with E-state index in [1.807, 2.05) is 6.26 Å². The molecule has 0 radical (unpaired) electrons. The van der Waals surface area contributed by atoms with Crippen LogP contribution in [-0.4, -0.2) is 22.1 Å². The van der Waals surface area contributed by atoms with Gasteiger partial charge in [-0.25, -0.2) is 9.37 Å². The monoisotopic (exact) mass is 196 g/mol. The molecule has 0 aliphatic heterocycles. The van der Waals surface area contributed by atoms with Crippen LogP contribution >= 0.6 is 10.5 Å². The second-order valence-corrected chi connectivity index (χ2v) is 4.50. The van der Waals surface area contributed by atoms with Crippen LogP contribution in [0.3, 0.4) is 0 Å². The van der Waals surface area contributed by atoms with Gasteiger partial charge in [0, 0.05) is 0 Å². The van der Waals surface area contributed by atoms with Crippen LogP contribution in [0.5, 0.6) is 0 Å².